The molecule has 0 unspecified atom stereocenters. The van der Waals surface area contributed by atoms with Gasteiger partial charge in [-0.05, 0) is 50.0 Å². The van der Waals surface area contributed by atoms with E-state index >= 15 is 0 Å². The van der Waals surface area contributed by atoms with Crippen molar-refractivity contribution in [2.75, 3.05) is 0 Å². The molecule has 1 aliphatic rings. The Morgan fingerprint density at radius 2 is 1.83 bits per heavy atom. The molecular weight excluding hydrogens is 240 g/mol. The van der Waals surface area contributed by atoms with Crippen LogP contribution in [0.4, 0.5) is 0 Å². The van der Waals surface area contributed by atoms with Crippen molar-refractivity contribution in [1.29, 1.82) is 0 Å². The highest BCUT2D eigenvalue weighted by molar-refractivity contribution is 7.71. The van der Waals surface area contributed by atoms with Gasteiger partial charge in [0.25, 0.3) is 0 Å². The van der Waals surface area contributed by atoms with Crippen LogP contribution in [0, 0.1) is 22.9 Å². The Kier molecular flexibility index (Phi) is 3.90. The van der Waals surface area contributed by atoms with E-state index in [-0.39, 0.29) is 0 Å². The third-order valence-electron chi connectivity index (χ3n) is 4.23. The van der Waals surface area contributed by atoms with Crippen molar-refractivity contribution in [3.05, 3.63) is 22.2 Å². The second kappa shape index (κ2) is 5.12. The summed E-state index contributed by atoms with van der Waals surface area (Å²) in [5, 5.41) is 0. The van der Waals surface area contributed by atoms with Crippen molar-refractivity contribution in [1.82, 2.24) is 9.97 Å². The van der Waals surface area contributed by atoms with Gasteiger partial charge >= 0.3 is 0 Å². The van der Waals surface area contributed by atoms with Crippen LogP contribution in [0.2, 0.25) is 0 Å². The SMILES string of the molecule is Cc1cc(=S)nc(C2CCC(C(C)(C)C)CC2)[nH]1. The van der Waals surface area contributed by atoms with Gasteiger partial charge in [0, 0.05) is 11.6 Å². The third-order valence-corrected chi connectivity index (χ3v) is 4.44. The molecule has 1 heterocycles. The number of aromatic amines is 1. The van der Waals surface area contributed by atoms with E-state index < -0.39 is 0 Å². The first-order valence-electron chi connectivity index (χ1n) is 6.94. The van der Waals surface area contributed by atoms with Crippen LogP contribution in [-0.2, 0) is 0 Å². The molecule has 0 bridgehead atoms. The Morgan fingerprint density at radius 1 is 1.22 bits per heavy atom. The van der Waals surface area contributed by atoms with E-state index in [0.717, 1.165) is 22.1 Å². The molecule has 3 heteroatoms. The number of hydrogen-bond donors (Lipinski definition) is 1. The molecule has 0 saturated heterocycles. The van der Waals surface area contributed by atoms with E-state index in [1.165, 1.54) is 25.7 Å². The molecule has 0 atom stereocenters. The smallest absolute Gasteiger partial charge is 0.129 e. The highest BCUT2D eigenvalue weighted by atomic mass is 32.1. The lowest BCUT2D eigenvalue weighted by atomic mass is 9.70. The van der Waals surface area contributed by atoms with Crippen LogP contribution in [0.15, 0.2) is 6.07 Å². The molecule has 1 N–H and O–H groups in total. The second-order valence-electron chi connectivity index (χ2n) is 6.70. The Hall–Kier alpha value is -0.700. The Bertz CT molecular complexity index is 462. The van der Waals surface area contributed by atoms with Crippen LogP contribution < -0.4 is 0 Å². The molecule has 1 aliphatic carbocycles. The van der Waals surface area contributed by atoms with Gasteiger partial charge in [-0.3, -0.25) is 0 Å². The monoisotopic (exact) mass is 264 g/mol. The van der Waals surface area contributed by atoms with Crippen LogP contribution >= 0.6 is 12.2 Å². The average Bonchev–Trinajstić information content (AvgIpc) is 2.27. The third kappa shape index (κ3) is 3.19. The first kappa shape index (κ1) is 13.7. The molecule has 1 fully saturated rings. The van der Waals surface area contributed by atoms with E-state index in [9.17, 15) is 0 Å². The number of aromatic nitrogens is 2. The number of nitrogens with one attached hydrogen (secondary N) is 1. The number of aryl methyl sites for hydroxylation is 1. The van der Waals surface area contributed by atoms with E-state index in [4.69, 9.17) is 12.2 Å². The standard InChI is InChI=1S/C15H24N2S/c1-10-9-13(18)17-14(16-10)11-5-7-12(8-6-11)15(2,3)4/h9,11-12H,5-8H2,1-4H3,(H,16,17,18). The van der Waals surface area contributed by atoms with Crippen molar-refractivity contribution in [3.8, 4) is 0 Å². The van der Waals surface area contributed by atoms with Crippen LogP contribution in [0.5, 0.6) is 0 Å². The molecule has 0 radical (unpaired) electrons. The minimum Gasteiger partial charge on any atom is -0.347 e. The van der Waals surface area contributed by atoms with Gasteiger partial charge in [0.05, 0.1) is 0 Å². The van der Waals surface area contributed by atoms with E-state index in [2.05, 4.69) is 37.7 Å². The zero-order valence-corrected chi connectivity index (χ0v) is 12.7. The summed E-state index contributed by atoms with van der Waals surface area (Å²) in [5.41, 5.74) is 1.57. The van der Waals surface area contributed by atoms with Gasteiger partial charge in [-0.15, -0.1) is 0 Å². The van der Waals surface area contributed by atoms with Crippen molar-refractivity contribution in [3.63, 3.8) is 0 Å². The van der Waals surface area contributed by atoms with Crippen molar-refractivity contribution in [2.45, 2.75) is 59.3 Å². The average molecular weight is 264 g/mol. The minimum absolute atomic E-state index is 0.442. The molecule has 18 heavy (non-hydrogen) atoms. The van der Waals surface area contributed by atoms with Gasteiger partial charge in [0.15, 0.2) is 0 Å². The number of rotatable bonds is 1. The maximum atomic E-state index is 5.21. The quantitative estimate of drug-likeness (QED) is 0.740. The van der Waals surface area contributed by atoms with E-state index in [1.807, 2.05) is 6.07 Å². The Labute approximate surface area is 115 Å². The molecule has 2 nitrogen and oxygen atoms in total. The normalized spacial score (nSPS) is 25.1. The lowest BCUT2D eigenvalue weighted by Gasteiger charge is -2.36. The van der Waals surface area contributed by atoms with E-state index in [1.54, 1.807) is 0 Å². The highest BCUT2D eigenvalue weighted by Crippen LogP contribution is 2.42. The fourth-order valence-corrected chi connectivity index (χ4v) is 3.30. The Morgan fingerprint density at radius 3 is 2.33 bits per heavy atom. The lowest BCUT2D eigenvalue weighted by molar-refractivity contribution is 0.167. The van der Waals surface area contributed by atoms with Crippen LogP contribution in [0.3, 0.4) is 0 Å². The van der Waals surface area contributed by atoms with Gasteiger partial charge in [-0.2, -0.15) is 0 Å². The summed E-state index contributed by atoms with van der Waals surface area (Å²) in [4.78, 5) is 7.90. The summed E-state index contributed by atoms with van der Waals surface area (Å²) in [6.45, 7) is 9.13. The highest BCUT2D eigenvalue weighted by Gasteiger charge is 2.30. The Balaban J connectivity index is 2.08. The fourth-order valence-electron chi connectivity index (χ4n) is 3.03. The number of hydrogen-bond acceptors (Lipinski definition) is 2. The fraction of sp³-hybridized carbons (Fsp3) is 0.733. The predicted molar refractivity (Wildman–Crippen MR) is 78.3 cm³/mol. The molecule has 0 aliphatic heterocycles. The summed E-state index contributed by atoms with van der Waals surface area (Å²) in [6, 6.07) is 1.93. The van der Waals surface area contributed by atoms with Crippen molar-refractivity contribution >= 4 is 12.2 Å². The van der Waals surface area contributed by atoms with Gasteiger partial charge < -0.3 is 4.98 Å². The molecule has 1 aromatic rings. The van der Waals surface area contributed by atoms with Crippen LogP contribution in [-0.4, -0.2) is 9.97 Å². The van der Waals surface area contributed by atoms with Gasteiger partial charge in [-0.1, -0.05) is 33.0 Å². The largest absolute Gasteiger partial charge is 0.347 e. The predicted octanol–water partition coefficient (Wildman–Crippen LogP) is 4.77. The summed E-state index contributed by atoms with van der Waals surface area (Å²) < 4.78 is 0.721. The zero-order valence-electron chi connectivity index (χ0n) is 11.9. The zero-order chi connectivity index (χ0) is 13.3. The molecule has 0 spiro atoms. The molecular formula is C15H24N2S. The summed E-state index contributed by atoms with van der Waals surface area (Å²) in [7, 11) is 0. The molecule has 2 rings (SSSR count). The van der Waals surface area contributed by atoms with Gasteiger partial charge in [-0.25, -0.2) is 4.98 Å². The van der Waals surface area contributed by atoms with Crippen LogP contribution in [0.25, 0.3) is 0 Å². The van der Waals surface area contributed by atoms with Crippen molar-refractivity contribution in [2.24, 2.45) is 11.3 Å². The first-order chi connectivity index (χ1) is 8.36. The number of nitrogens with zero attached hydrogens (tertiary/aromatic N) is 1. The van der Waals surface area contributed by atoms with Crippen LogP contribution in [0.1, 0.15) is 63.9 Å². The molecule has 0 amide bonds. The maximum absolute atomic E-state index is 5.21. The molecule has 1 aromatic heterocycles. The van der Waals surface area contributed by atoms with E-state index in [0.29, 0.717) is 11.3 Å². The summed E-state index contributed by atoms with van der Waals surface area (Å²) in [5.74, 6) is 2.53. The second-order valence-corrected chi connectivity index (χ2v) is 7.12. The minimum atomic E-state index is 0.442. The molecule has 100 valence electrons. The summed E-state index contributed by atoms with van der Waals surface area (Å²) >= 11 is 5.21. The van der Waals surface area contributed by atoms with Crippen molar-refractivity contribution < 1.29 is 0 Å². The summed E-state index contributed by atoms with van der Waals surface area (Å²) in [6.07, 6.45) is 5.10. The van der Waals surface area contributed by atoms with Gasteiger partial charge in [0.1, 0.15) is 10.5 Å². The number of H-pyrrole nitrogens is 1. The maximum Gasteiger partial charge on any atom is 0.129 e. The lowest BCUT2D eigenvalue weighted by Crippen LogP contribution is -2.25. The molecule has 0 aromatic carbocycles. The van der Waals surface area contributed by atoms with Gasteiger partial charge in [0.2, 0.25) is 0 Å². The topological polar surface area (TPSA) is 28.7 Å². The first-order valence-corrected chi connectivity index (χ1v) is 7.35. The molecule has 1 saturated carbocycles.